The SMILES string of the molecule is Cc1cc(CNC(=O)N(C2CC2)[C@@H]2CCCN(c3cccnn3)C2)c(F)cc1F. The number of aryl methyl sites for hydroxylation is 1. The Balaban J connectivity index is 1.43. The summed E-state index contributed by atoms with van der Waals surface area (Å²) in [5.74, 6) is -0.404. The van der Waals surface area contributed by atoms with Crippen LogP contribution >= 0.6 is 0 Å². The number of nitrogens with zero attached hydrogens (tertiary/aromatic N) is 4. The number of anilines is 1. The minimum absolute atomic E-state index is 0.0373. The van der Waals surface area contributed by atoms with Crippen LogP contribution in [0.15, 0.2) is 30.5 Å². The highest BCUT2D eigenvalue weighted by Crippen LogP contribution is 2.32. The third kappa shape index (κ3) is 4.46. The molecule has 154 valence electrons. The molecule has 1 aliphatic carbocycles. The van der Waals surface area contributed by atoms with E-state index < -0.39 is 11.6 Å². The molecule has 0 radical (unpaired) electrons. The van der Waals surface area contributed by atoms with Crippen molar-refractivity contribution in [2.75, 3.05) is 18.0 Å². The van der Waals surface area contributed by atoms with Gasteiger partial charge in [0.05, 0.1) is 6.04 Å². The summed E-state index contributed by atoms with van der Waals surface area (Å²) in [4.78, 5) is 17.0. The first-order valence-electron chi connectivity index (χ1n) is 10.1. The van der Waals surface area contributed by atoms with E-state index in [1.165, 1.54) is 6.07 Å². The van der Waals surface area contributed by atoms with Gasteiger partial charge in [0.2, 0.25) is 0 Å². The molecule has 1 saturated heterocycles. The molecule has 0 spiro atoms. The number of rotatable bonds is 5. The minimum atomic E-state index is -0.641. The van der Waals surface area contributed by atoms with Crippen molar-refractivity contribution >= 4 is 11.8 Å². The van der Waals surface area contributed by atoms with Crippen LogP contribution in [0.4, 0.5) is 19.4 Å². The zero-order valence-corrected chi connectivity index (χ0v) is 16.4. The largest absolute Gasteiger partial charge is 0.353 e. The van der Waals surface area contributed by atoms with E-state index in [1.54, 1.807) is 13.1 Å². The number of urea groups is 1. The molecule has 1 atom stereocenters. The van der Waals surface area contributed by atoms with Crippen LogP contribution in [0.3, 0.4) is 0 Å². The summed E-state index contributed by atoms with van der Waals surface area (Å²) < 4.78 is 27.5. The van der Waals surface area contributed by atoms with Gasteiger partial charge in [-0.25, -0.2) is 13.6 Å². The highest BCUT2D eigenvalue weighted by molar-refractivity contribution is 5.75. The number of hydrogen-bond acceptors (Lipinski definition) is 4. The van der Waals surface area contributed by atoms with Gasteiger partial charge in [-0.05, 0) is 56.4 Å². The number of hydrogen-bond donors (Lipinski definition) is 1. The second kappa shape index (κ2) is 8.31. The molecule has 2 aromatic rings. The molecule has 1 N–H and O–H groups in total. The first-order valence-corrected chi connectivity index (χ1v) is 10.1. The number of carbonyl (C=O) groups is 1. The minimum Gasteiger partial charge on any atom is -0.353 e. The fourth-order valence-electron chi connectivity index (χ4n) is 3.95. The Morgan fingerprint density at radius 3 is 2.79 bits per heavy atom. The predicted molar refractivity (Wildman–Crippen MR) is 105 cm³/mol. The number of halogens is 2. The average molecular weight is 401 g/mol. The molecule has 2 aliphatic rings. The van der Waals surface area contributed by atoms with Crippen molar-refractivity contribution in [3.63, 3.8) is 0 Å². The molecular formula is C21H25F2N5O. The maximum Gasteiger partial charge on any atom is 0.318 e. The molecule has 1 saturated carbocycles. The van der Waals surface area contributed by atoms with E-state index in [-0.39, 0.29) is 30.2 Å². The zero-order chi connectivity index (χ0) is 20.4. The van der Waals surface area contributed by atoms with Crippen molar-refractivity contribution in [1.29, 1.82) is 0 Å². The molecule has 4 rings (SSSR count). The van der Waals surface area contributed by atoms with Crippen LogP contribution < -0.4 is 10.2 Å². The summed E-state index contributed by atoms with van der Waals surface area (Å²) in [6.07, 6.45) is 5.50. The molecule has 29 heavy (non-hydrogen) atoms. The van der Waals surface area contributed by atoms with E-state index in [2.05, 4.69) is 20.4 Å². The number of nitrogens with one attached hydrogen (secondary N) is 1. The molecule has 2 amide bonds. The second-order valence-electron chi connectivity index (χ2n) is 7.81. The van der Waals surface area contributed by atoms with Gasteiger partial charge >= 0.3 is 6.03 Å². The normalized spacial score (nSPS) is 19.1. The van der Waals surface area contributed by atoms with E-state index in [0.717, 1.165) is 44.1 Å². The molecule has 2 heterocycles. The smallest absolute Gasteiger partial charge is 0.318 e. The molecule has 6 nitrogen and oxygen atoms in total. The zero-order valence-electron chi connectivity index (χ0n) is 16.4. The van der Waals surface area contributed by atoms with Crippen LogP contribution in [0.25, 0.3) is 0 Å². The molecule has 1 aromatic carbocycles. The summed E-state index contributed by atoms with van der Waals surface area (Å²) >= 11 is 0. The number of benzene rings is 1. The third-order valence-corrected chi connectivity index (χ3v) is 5.60. The van der Waals surface area contributed by atoms with E-state index in [1.807, 2.05) is 17.0 Å². The van der Waals surface area contributed by atoms with Gasteiger partial charge in [0.15, 0.2) is 5.82 Å². The topological polar surface area (TPSA) is 61.4 Å². The summed E-state index contributed by atoms with van der Waals surface area (Å²) in [6.45, 7) is 3.21. The number of carbonyl (C=O) groups excluding carboxylic acids is 1. The van der Waals surface area contributed by atoms with Gasteiger partial charge in [0, 0.05) is 43.5 Å². The second-order valence-corrected chi connectivity index (χ2v) is 7.81. The first kappa shape index (κ1) is 19.5. The van der Waals surface area contributed by atoms with Crippen LogP contribution in [0, 0.1) is 18.6 Å². The number of aromatic nitrogens is 2. The van der Waals surface area contributed by atoms with E-state index in [0.29, 0.717) is 12.1 Å². The Labute approximate surface area is 168 Å². The summed E-state index contributed by atoms with van der Waals surface area (Å²) in [7, 11) is 0. The van der Waals surface area contributed by atoms with Crippen LogP contribution in [0.1, 0.15) is 36.8 Å². The Hall–Kier alpha value is -2.77. The summed E-state index contributed by atoms with van der Waals surface area (Å²) in [6, 6.07) is 6.20. The Morgan fingerprint density at radius 2 is 2.07 bits per heavy atom. The van der Waals surface area contributed by atoms with Crippen LogP contribution in [0.5, 0.6) is 0 Å². The first-order chi connectivity index (χ1) is 14.0. The van der Waals surface area contributed by atoms with Crippen molar-refractivity contribution < 1.29 is 13.6 Å². The van der Waals surface area contributed by atoms with Crippen molar-refractivity contribution in [2.24, 2.45) is 0 Å². The van der Waals surface area contributed by atoms with Gasteiger partial charge in [-0.2, -0.15) is 5.10 Å². The highest BCUT2D eigenvalue weighted by atomic mass is 19.1. The van der Waals surface area contributed by atoms with Gasteiger partial charge < -0.3 is 15.1 Å². The van der Waals surface area contributed by atoms with Crippen molar-refractivity contribution in [3.8, 4) is 0 Å². The van der Waals surface area contributed by atoms with Crippen LogP contribution in [0.2, 0.25) is 0 Å². The fraction of sp³-hybridized carbons (Fsp3) is 0.476. The monoisotopic (exact) mass is 401 g/mol. The van der Waals surface area contributed by atoms with Gasteiger partial charge in [-0.1, -0.05) is 0 Å². The van der Waals surface area contributed by atoms with Crippen LogP contribution in [-0.4, -0.2) is 46.3 Å². The molecule has 2 fully saturated rings. The third-order valence-electron chi connectivity index (χ3n) is 5.60. The lowest BCUT2D eigenvalue weighted by atomic mass is 10.0. The van der Waals surface area contributed by atoms with Gasteiger partial charge in [-0.3, -0.25) is 0 Å². The van der Waals surface area contributed by atoms with E-state index >= 15 is 0 Å². The van der Waals surface area contributed by atoms with Gasteiger partial charge in [0.25, 0.3) is 0 Å². The predicted octanol–water partition coefficient (Wildman–Crippen LogP) is 3.41. The summed E-state index contributed by atoms with van der Waals surface area (Å²) in [5, 5.41) is 11.0. The fourth-order valence-corrected chi connectivity index (χ4v) is 3.95. The summed E-state index contributed by atoms with van der Waals surface area (Å²) in [5.41, 5.74) is 0.652. The lowest BCUT2D eigenvalue weighted by Gasteiger charge is -2.40. The maximum atomic E-state index is 14.0. The Bertz CT molecular complexity index is 875. The molecular weight excluding hydrogens is 376 g/mol. The molecule has 0 unspecified atom stereocenters. The number of amides is 2. The van der Waals surface area contributed by atoms with E-state index in [4.69, 9.17) is 0 Å². The standard InChI is InChI=1S/C21H25F2N5O/c1-14-10-15(19(23)11-18(14)22)12-24-21(29)28(16-6-7-16)17-4-3-9-27(13-17)20-5-2-8-25-26-20/h2,5,8,10-11,16-17H,3-4,6-7,9,12-13H2,1H3,(H,24,29)/t17-/m1/s1. The lowest BCUT2D eigenvalue weighted by Crippen LogP contribution is -2.54. The Morgan fingerprint density at radius 1 is 1.24 bits per heavy atom. The highest BCUT2D eigenvalue weighted by Gasteiger charge is 2.39. The van der Waals surface area contributed by atoms with Crippen molar-refractivity contribution in [3.05, 3.63) is 53.2 Å². The van der Waals surface area contributed by atoms with E-state index in [9.17, 15) is 13.6 Å². The molecule has 1 aromatic heterocycles. The Kier molecular flexibility index (Phi) is 5.60. The van der Waals surface area contributed by atoms with Crippen molar-refractivity contribution in [1.82, 2.24) is 20.4 Å². The van der Waals surface area contributed by atoms with Gasteiger partial charge in [0.1, 0.15) is 11.6 Å². The quantitative estimate of drug-likeness (QED) is 0.834. The van der Waals surface area contributed by atoms with Gasteiger partial charge in [-0.15, -0.1) is 5.10 Å². The lowest BCUT2D eigenvalue weighted by molar-refractivity contribution is 0.160. The molecule has 8 heteroatoms. The average Bonchev–Trinajstić information content (AvgIpc) is 3.56. The maximum absolute atomic E-state index is 14.0. The molecule has 0 bridgehead atoms. The van der Waals surface area contributed by atoms with Crippen molar-refractivity contribution in [2.45, 2.75) is 51.2 Å². The molecule has 1 aliphatic heterocycles. The van der Waals surface area contributed by atoms with Crippen LogP contribution in [-0.2, 0) is 6.54 Å². The number of piperidine rings is 1.